The van der Waals surface area contributed by atoms with Crippen molar-refractivity contribution in [2.45, 2.75) is 37.6 Å². The van der Waals surface area contributed by atoms with E-state index in [2.05, 4.69) is 5.10 Å². The molecule has 1 aliphatic rings. The molecular weight excluding hydrogens is 198 g/mol. The van der Waals surface area contributed by atoms with Crippen LogP contribution in [-0.4, -0.2) is 16.3 Å². The molecule has 1 aromatic rings. The van der Waals surface area contributed by atoms with Gasteiger partial charge in [-0.3, -0.25) is 4.68 Å². The Kier molecular flexibility index (Phi) is 2.79. The molecule has 1 aromatic heterocycles. The molecule has 14 heavy (non-hydrogen) atoms. The maximum atomic E-state index is 5.88. The summed E-state index contributed by atoms with van der Waals surface area (Å²) in [5.74, 6) is 0. The van der Waals surface area contributed by atoms with Crippen LogP contribution in [0.5, 0.6) is 0 Å². The smallest absolute Gasteiger partial charge is 0.0785 e. The van der Waals surface area contributed by atoms with E-state index in [1.54, 1.807) is 6.20 Å². The highest BCUT2D eigenvalue weighted by molar-refractivity contribution is 6.30. The van der Waals surface area contributed by atoms with Gasteiger partial charge in [-0.05, 0) is 12.8 Å². The fourth-order valence-electron chi connectivity index (χ4n) is 2.30. The lowest BCUT2D eigenvalue weighted by molar-refractivity contribution is 0.182. The molecule has 0 aromatic carbocycles. The zero-order valence-electron chi connectivity index (χ0n) is 8.25. The number of nitrogens with two attached hydrogens (primary N) is 1. The number of aromatic nitrogens is 2. The minimum absolute atomic E-state index is 0.0331. The molecule has 1 heterocycles. The standard InChI is InChI=1S/C10H16ClN3/c11-9-6-13-14(7-9)10(8-12)4-2-1-3-5-10/h6-7H,1-5,8,12H2. The molecule has 0 bridgehead atoms. The lowest BCUT2D eigenvalue weighted by Gasteiger charge is -2.36. The Morgan fingerprint density at radius 2 is 2.14 bits per heavy atom. The van der Waals surface area contributed by atoms with Crippen LogP contribution in [0.15, 0.2) is 12.4 Å². The van der Waals surface area contributed by atoms with Crippen molar-refractivity contribution in [2.75, 3.05) is 6.54 Å². The van der Waals surface area contributed by atoms with Crippen LogP contribution in [0.2, 0.25) is 5.02 Å². The van der Waals surface area contributed by atoms with E-state index in [0.717, 1.165) is 12.8 Å². The Morgan fingerprint density at radius 1 is 1.43 bits per heavy atom. The number of rotatable bonds is 2. The Bertz CT molecular complexity index is 302. The molecule has 3 nitrogen and oxygen atoms in total. The van der Waals surface area contributed by atoms with Gasteiger partial charge in [-0.15, -0.1) is 0 Å². The molecule has 0 atom stereocenters. The number of nitrogens with zero attached hydrogens (tertiary/aromatic N) is 2. The van der Waals surface area contributed by atoms with E-state index >= 15 is 0 Å². The highest BCUT2D eigenvalue weighted by Crippen LogP contribution is 2.33. The summed E-state index contributed by atoms with van der Waals surface area (Å²) in [6, 6.07) is 0. The molecule has 1 aliphatic carbocycles. The van der Waals surface area contributed by atoms with E-state index < -0.39 is 0 Å². The molecule has 1 fully saturated rings. The Balaban J connectivity index is 2.26. The van der Waals surface area contributed by atoms with Crippen molar-refractivity contribution in [1.29, 1.82) is 0 Å². The third-order valence-corrected chi connectivity index (χ3v) is 3.40. The van der Waals surface area contributed by atoms with E-state index in [0.29, 0.717) is 11.6 Å². The van der Waals surface area contributed by atoms with Crippen LogP contribution >= 0.6 is 11.6 Å². The van der Waals surface area contributed by atoms with Crippen LogP contribution in [0.3, 0.4) is 0 Å². The molecule has 0 amide bonds. The maximum Gasteiger partial charge on any atom is 0.0785 e. The average molecular weight is 214 g/mol. The monoisotopic (exact) mass is 213 g/mol. The topological polar surface area (TPSA) is 43.8 Å². The zero-order valence-corrected chi connectivity index (χ0v) is 9.00. The van der Waals surface area contributed by atoms with Crippen LogP contribution in [0.25, 0.3) is 0 Å². The van der Waals surface area contributed by atoms with Gasteiger partial charge in [0.25, 0.3) is 0 Å². The predicted molar refractivity (Wildman–Crippen MR) is 57.4 cm³/mol. The molecule has 2 rings (SSSR count). The van der Waals surface area contributed by atoms with Crippen LogP contribution in [0, 0.1) is 0 Å². The first-order chi connectivity index (χ1) is 6.77. The van der Waals surface area contributed by atoms with Crippen molar-refractivity contribution in [1.82, 2.24) is 9.78 Å². The van der Waals surface area contributed by atoms with E-state index in [4.69, 9.17) is 17.3 Å². The summed E-state index contributed by atoms with van der Waals surface area (Å²) in [5.41, 5.74) is 5.91. The van der Waals surface area contributed by atoms with E-state index in [1.807, 2.05) is 10.9 Å². The SMILES string of the molecule is NCC1(n2cc(Cl)cn2)CCCCC1. The van der Waals surface area contributed by atoms with E-state index in [9.17, 15) is 0 Å². The second-order valence-corrected chi connectivity index (χ2v) is 4.53. The largest absolute Gasteiger partial charge is 0.328 e. The molecule has 0 aliphatic heterocycles. The predicted octanol–water partition coefficient (Wildman–Crippen LogP) is 2.15. The zero-order chi connectivity index (χ0) is 10.0. The highest BCUT2D eigenvalue weighted by Gasteiger charge is 2.33. The van der Waals surface area contributed by atoms with Crippen LogP contribution in [-0.2, 0) is 5.54 Å². The third kappa shape index (κ3) is 1.66. The molecule has 0 radical (unpaired) electrons. The number of halogens is 1. The summed E-state index contributed by atoms with van der Waals surface area (Å²) in [5, 5.41) is 4.98. The van der Waals surface area contributed by atoms with Crippen molar-refractivity contribution >= 4 is 11.6 Å². The average Bonchev–Trinajstić information content (AvgIpc) is 2.66. The van der Waals surface area contributed by atoms with Crippen molar-refractivity contribution in [3.8, 4) is 0 Å². The second kappa shape index (κ2) is 3.91. The quantitative estimate of drug-likeness (QED) is 0.818. The molecule has 2 N–H and O–H groups in total. The van der Waals surface area contributed by atoms with Gasteiger partial charge in [0.1, 0.15) is 0 Å². The highest BCUT2D eigenvalue weighted by atomic mass is 35.5. The molecule has 4 heteroatoms. The Labute approximate surface area is 89.2 Å². The first kappa shape index (κ1) is 9.99. The summed E-state index contributed by atoms with van der Waals surface area (Å²) >= 11 is 5.87. The van der Waals surface area contributed by atoms with Gasteiger partial charge in [0.2, 0.25) is 0 Å². The minimum atomic E-state index is 0.0331. The maximum absolute atomic E-state index is 5.88. The fraction of sp³-hybridized carbons (Fsp3) is 0.700. The van der Waals surface area contributed by atoms with Gasteiger partial charge in [0, 0.05) is 12.7 Å². The molecular formula is C10H16ClN3. The van der Waals surface area contributed by atoms with Crippen molar-refractivity contribution in [3.05, 3.63) is 17.4 Å². The summed E-state index contributed by atoms with van der Waals surface area (Å²) in [7, 11) is 0. The van der Waals surface area contributed by atoms with Crippen molar-refractivity contribution in [2.24, 2.45) is 5.73 Å². The van der Waals surface area contributed by atoms with E-state index in [1.165, 1.54) is 19.3 Å². The first-order valence-corrected chi connectivity index (χ1v) is 5.55. The summed E-state index contributed by atoms with van der Waals surface area (Å²) in [6.07, 6.45) is 9.64. The van der Waals surface area contributed by atoms with Gasteiger partial charge in [-0.1, -0.05) is 30.9 Å². The van der Waals surface area contributed by atoms with Crippen LogP contribution in [0.4, 0.5) is 0 Å². The molecule has 1 saturated carbocycles. The van der Waals surface area contributed by atoms with Crippen molar-refractivity contribution in [3.63, 3.8) is 0 Å². The van der Waals surface area contributed by atoms with Gasteiger partial charge in [-0.25, -0.2) is 0 Å². The second-order valence-electron chi connectivity index (χ2n) is 4.09. The number of hydrogen-bond acceptors (Lipinski definition) is 2. The third-order valence-electron chi connectivity index (χ3n) is 3.20. The molecule has 0 spiro atoms. The minimum Gasteiger partial charge on any atom is -0.328 e. The normalized spacial score (nSPS) is 21.0. The van der Waals surface area contributed by atoms with E-state index in [-0.39, 0.29) is 5.54 Å². The molecule has 0 unspecified atom stereocenters. The van der Waals surface area contributed by atoms with Crippen LogP contribution < -0.4 is 5.73 Å². The van der Waals surface area contributed by atoms with Crippen LogP contribution in [0.1, 0.15) is 32.1 Å². The van der Waals surface area contributed by atoms with Crippen molar-refractivity contribution < 1.29 is 0 Å². The fourth-order valence-corrected chi connectivity index (χ4v) is 2.43. The summed E-state index contributed by atoms with van der Waals surface area (Å²) < 4.78 is 1.97. The lowest BCUT2D eigenvalue weighted by Crippen LogP contribution is -2.43. The van der Waals surface area contributed by atoms with Gasteiger partial charge in [0.15, 0.2) is 0 Å². The van der Waals surface area contributed by atoms with Gasteiger partial charge >= 0.3 is 0 Å². The lowest BCUT2D eigenvalue weighted by atomic mass is 9.82. The van der Waals surface area contributed by atoms with Gasteiger partial charge < -0.3 is 5.73 Å². The van der Waals surface area contributed by atoms with Gasteiger partial charge in [-0.2, -0.15) is 5.10 Å². The number of hydrogen-bond donors (Lipinski definition) is 1. The summed E-state index contributed by atoms with van der Waals surface area (Å²) in [6.45, 7) is 0.658. The molecule has 78 valence electrons. The molecule has 0 saturated heterocycles. The Morgan fingerprint density at radius 3 is 2.64 bits per heavy atom. The summed E-state index contributed by atoms with van der Waals surface area (Å²) in [4.78, 5) is 0. The Hall–Kier alpha value is -0.540. The first-order valence-electron chi connectivity index (χ1n) is 5.18. The van der Waals surface area contributed by atoms with Gasteiger partial charge in [0.05, 0.1) is 16.8 Å².